The molecule has 3 saturated carbocycles. The van der Waals surface area contributed by atoms with E-state index < -0.39 is 0 Å². The number of anilines is 1. The molecular formula is C28H39N3O2. The number of hydrogen-bond acceptors (Lipinski definition) is 3. The highest BCUT2D eigenvalue weighted by atomic mass is 16.2. The minimum absolute atomic E-state index is 0.0707. The Balaban J connectivity index is 1.24. The highest BCUT2D eigenvalue weighted by Crippen LogP contribution is 2.66. The maximum absolute atomic E-state index is 12.5. The fourth-order valence-corrected chi connectivity index (χ4v) is 8.51. The second-order valence-electron chi connectivity index (χ2n) is 11.7. The van der Waals surface area contributed by atoms with Gasteiger partial charge in [0, 0.05) is 24.1 Å². The molecule has 1 aromatic heterocycles. The molecule has 2 N–H and O–H groups in total. The molecule has 8 atom stereocenters. The molecule has 0 saturated heterocycles. The van der Waals surface area contributed by atoms with Crippen molar-refractivity contribution in [3.8, 4) is 0 Å². The van der Waals surface area contributed by atoms with E-state index >= 15 is 0 Å². The van der Waals surface area contributed by atoms with Crippen LogP contribution in [0.4, 0.5) is 5.82 Å². The van der Waals surface area contributed by atoms with Gasteiger partial charge in [0.1, 0.15) is 5.82 Å². The van der Waals surface area contributed by atoms with Gasteiger partial charge in [-0.1, -0.05) is 32.9 Å². The third-order valence-corrected chi connectivity index (χ3v) is 10.2. The summed E-state index contributed by atoms with van der Waals surface area (Å²) in [4.78, 5) is 28.6. The second-order valence-corrected chi connectivity index (χ2v) is 11.7. The summed E-state index contributed by atoms with van der Waals surface area (Å²) in [5.41, 5.74) is 0.480. The molecule has 2 heterocycles. The summed E-state index contributed by atoms with van der Waals surface area (Å²) >= 11 is 0. The summed E-state index contributed by atoms with van der Waals surface area (Å²) in [6, 6.07) is 5.89. The van der Waals surface area contributed by atoms with E-state index in [0.717, 1.165) is 24.7 Å². The van der Waals surface area contributed by atoms with Gasteiger partial charge in [0.25, 0.3) is 0 Å². The molecule has 0 spiro atoms. The van der Waals surface area contributed by atoms with Crippen molar-refractivity contribution in [1.82, 2.24) is 10.3 Å². The monoisotopic (exact) mass is 449 g/mol. The number of carbonyl (C=O) groups excluding carboxylic acids is 2. The quantitative estimate of drug-likeness (QED) is 0.636. The van der Waals surface area contributed by atoms with Crippen LogP contribution in [0.5, 0.6) is 0 Å². The van der Waals surface area contributed by atoms with Crippen LogP contribution in [0.3, 0.4) is 0 Å². The predicted octanol–water partition coefficient (Wildman–Crippen LogP) is 5.35. The van der Waals surface area contributed by atoms with E-state index in [2.05, 4.69) is 42.5 Å². The van der Waals surface area contributed by atoms with E-state index in [-0.39, 0.29) is 17.2 Å². The largest absolute Gasteiger partial charge is 0.349 e. The van der Waals surface area contributed by atoms with Crippen LogP contribution in [-0.4, -0.2) is 22.8 Å². The van der Waals surface area contributed by atoms with E-state index in [1.54, 1.807) is 12.3 Å². The molecule has 4 aliphatic rings. The summed E-state index contributed by atoms with van der Waals surface area (Å²) in [5.74, 6) is 4.23. The average Bonchev–Trinajstić information content (AvgIpc) is 3.16. The number of hydrogen-bond donors (Lipinski definition) is 2. The van der Waals surface area contributed by atoms with Gasteiger partial charge in [-0.05, 0) is 98.2 Å². The fraction of sp³-hybridized carbons (Fsp3) is 0.679. The first kappa shape index (κ1) is 22.6. The maximum Gasteiger partial charge on any atom is 0.243 e. The summed E-state index contributed by atoms with van der Waals surface area (Å²) < 4.78 is 0. The van der Waals surface area contributed by atoms with Crippen LogP contribution in [0.1, 0.15) is 72.1 Å². The number of rotatable bonds is 5. The van der Waals surface area contributed by atoms with Gasteiger partial charge in [-0.25, -0.2) is 4.98 Å². The van der Waals surface area contributed by atoms with E-state index in [9.17, 15) is 9.59 Å². The van der Waals surface area contributed by atoms with Gasteiger partial charge < -0.3 is 10.6 Å². The number of carbonyl (C=O) groups is 2. The molecular weight excluding hydrogens is 410 g/mol. The number of nitrogens with zero attached hydrogens (tertiary/aromatic N) is 1. The van der Waals surface area contributed by atoms with Crippen molar-refractivity contribution < 1.29 is 9.59 Å². The Kier molecular flexibility index (Phi) is 5.86. The first-order valence-corrected chi connectivity index (χ1v) is 13.0. The van der Waals surface area contributed by atoms with Gasteiger partial charge in [0.05, 0.1) is 0 Å². The Morgan fingerprint density at radius 1 is 1.18 bits per heavy atom. The Morgan fingerprint density at radius 2 is 2.03 bits per heavy atom. The van der Waals surface area contributed by atoms with Crippen molar-refractivity contribution in [1.29, 1.82) is 0 Å². The Morgan fingerprint density at radius 3 is 2.82 bits per heavy atom. The predicted molar refractivity (Wildman–Crippen MR) is 130 cm³/mol. The van der Waals surface area contributed by atoms with E-state index in [4.69, 9.17) is 0 Å². The first-order chi connectivity index (χ1) is 15.8. The molecule has 2 amide bonds. The van der Waals surface area contributed by atoms with Gasteiger partial charge in [0.2, 0.25) is 11.8 Å². The number of nitrogens with one attached hydrogen (secondary N) is 2. The summed E-state index contributed by atoms with van der Waals surface area (Å²) in [7, 11) is 0. The number of pyridine rings is 1. The molecule has 33 heavy (non-hydrogen) atoms. The summed E-state index contributed by atoms with van der Waals surface area (Å²) in [5, 5.41) is 6.20. The smallest absolute Gasteiger partial charge is 0.243 e. The topological polar surface area (TPSA) is 71.1 Å². The SMILES string of the molecule is C[C@H](CCC(=O)Nc1ccccn1)[C@H]1CC[C@H]2[C@@H]3CC[C@H]4NC(=O)C=C[C@]4(C)[C@H]3CC[C@]12C. The Bertz CT molecular complexity index is 930. The second kappa shape index (κ2) is 8.56. The lowest BCUT2D eigenvalue weighted by Gasteiger charge is -2.59. The minimum Gasteiger partial charge on any atom is -0.349 e. The molecule has 0 unspecified atom stereocenters. The van der Waals surface area contributed by atoms with Gasteiger partial charge in [-0.2, -0.15) is 0 Å². The molecule has 3 fully saturated rings. The van der Waals surface area contributed by atoms with Crippen LogP contribution < -0.4 is 10.6 Å². The first-order valence-electron chi connectivity index (χ1n) is 13.0. The van der Waals surface area contributed by atoms with Gasteiger partial charge in [-0.3, -0.25) is 9.59 Å². The number of aromatic nitrogens is 1. The minimum atomic E-state index is 0.0707. The van der Waals surface area contributed by atoms with Crippen LogP contribution in [-0.2, 0) is 9.59 Å². The molecule has 0 aromatic carbocycles. The highest BCUT2D eigenvalue weighted by molar-refractivity contribution is 5.89. The normalized spacial score (nSPS) is 40.2. The van der Waals surface area contributed by atoms with Crippen molar-refractivity contribution in [2.75, 3.05) is 5.32 Å². The molecule has 5 nitrogen and oxygen atoms in total. The van der Waals surface area contributed by atoms with Crippen LogP contribution in [0, 0.1) is 40.4 Å². The molecule has 0 radical (unpaired) electrons. The summed E-state index contributed by atoms with van der Waals surface area (Å²) in [6.45, 7) is 7.32. The van der Waals surface area contributed by atoms with Crippen molar-refractivity contribution in [3.05, 3.63) is 36.5 Å². The number of fused-ring (bicyclic) bond motifs is 5. The van der Waals surface area contributed by atoms with Gasteiger partial charge in [-0.15, -0.1) is 0 Å². The average molecular weight is 450 g/mol. The molecule has 1 aliphatic heterocycles. The zero-order valence-electron chi connectivity index (χ0n) is 20.3. The lowest BCUT2D eigenvalue weighted by atomic mass is 9.47. The molecule has 5 heteroatoms. The highest BCUT2D eigenvalue weighted by Gasteiger charge is 2.60. The molecule has 5 rings (SSSR count). The maximum atomic E-state index is 12.5. The zero-order chi connectivity index (χ0) is 23.2. The van der Waals surface area contributed by atoms with Crippen LogP contribution in [0.25, 0.3) is 0 Å². The van der Waals surface area contributed by atoms with Crippen molar-refractivity contribution >= 4 is 17.6 Å². The zero-order valence-corrected chi connectivity index (χ0v) is 20.3. The lowest BCUT2D eigenvalue weighted by Crippen LogP contribution is -2.59. The van der Waals surface area contributed by atoms with Crippen LogP contribution in [0.15, 0.2) is 36.5 Å². The van der Waals surface area contributed by atoms with Crippen molar-refractivity contribution in [3.63, 3.8) is 0 Å². The van der Waals surface area contributed by atoms with Gasteiger partial charge in [0.15, 0.2) is 0 Å². The molecule has 0 bridgehead atoms. The third-order valence-electron chi connectivity index (χ3n) is 10.2. The van der Waals surface area contributed by atoms with E-state index in [1.807, 2.05) is 18.2 Å². The Labute approximate surface area is 198 Å². The molecule has 1 aromatic rings. The van der Waals surface area contributed by atoms with E-state index in [0.29, 0.717) is 41.4 Å². The molecule has 178 valence electrons. The van der Waals surface area contributed by atoms with Gasteiger partial charge >= 0.3 is 0 Å². The summed E-state index contributed by atoms with van der Waals surface area (Å²) in [6.07, 6.45) is 14.7. The van der Waals surface area contributed by atoms with Crippen LogP contribution in [0.2, 0.25) is 0 Å². The van der Waals surface area contributed by atoms with Crippen LogP contribution >= 0.6 is 0 Å². The Hall–Kier alpha value is -2.17. The molecule has 3 aliphatic carbocycles. The fourth-order valence-electron chi connectivity index (χ4n) is 8.51. The van der Waals surface area contributed by atoms with Crippen molar-refractivity contribution in [2.45, 2.75) is 78.2 Å². The van der Waals surface area contributed by atoms with E-state index in [1.165, 1.54) is 32.1 Å². The van der Waals surface area contributed by atoms with Crippen molar-refractivity contribution in [2.24, 2.45) is 40.4 Å². The lowest BCUT2D eigenvalue weighted by molar-refractivity contribution is -0.122. The standard InChI is InChI=1S/C28H39N3O2/c1-18(7-12-25(32)31-24-6-4-5-17-29-24)20-9-10-21-19-8-11-23-28(3,16-14-26(33)30-23)22(19)13-15-27(20,21)2/h4-6,14,16-23H,7-13,15H2,1-3H3,(H,30,33)(H,29,31,32)/t18-,19+,20-,21+,22+,23-,27-,28-/m1/s1. The third kappa shape index (κ3) is 3.91. The number of amides is 2.